The molecule has 2 aliphatic rings. The smallest absolute Gasteiger partial charge is 0.253 e. The molecule has 2 fully saturated rings. The maximum absolute atomic E-state index is 12.1. The first-order valence-corrected chi connectivity index (χ1v) is 8.52. The van der Waals surface area contributed by atoms with Crippen molar-refractivity contribution < 1.29 is 19.0 Å². The van der Waals surface area contributed by atoms with Gasteiger partial charge in [0.1, 0.15) is 6.10 Å². The summed E-state index contributed by atoms with van der Waals surface area (Å²) in [6.07, 6.45) is 5.13. The van der Waals surface area contributed by atoms with Crippen LogP contribution in [0.1, 0.15) is 37.7 Å². The monoisotopic (exact) mass is 319 g/mol. The molecular formula is C18H25NO4. The van der Waals surface area contributed by atoms with Gasteiger partial charge in [-0.05, 0) is 49.8 Å². The molecule has 0 aliphatic carbocycles. The third-order valence-corrected chi connectivity index (χ3v) is 4.26. The predicted octanol–water partition coefficient (Wildman–Crippen LogP) is 2.89. The molecule has 0 radical (unpaired) electrons. The van der Waals surface area contributed by atoms with Gasteiger partial charge in [-0.15, -0.1) is 0 Å². The molecule has 0 unspecified atom stereocenters. The zero-order chi connectivity index (χ0) is 15.9. The summed E-state index contributed by atoms with van der Waals surface area (Å²) in [6.45, 7) is 2.68. The van der Waals surface area contributed by atoms with E-state index in [1.54, 1.807) is 0 Å². The first-order valence-electron chi connectivity index (χ1n) is 8.52. The van der Waals surface area contributed by atoms with Gasteiger partial charge in [0.25, 0.3) is 5.91 Å². The lowest BCUT2D eigenvalue weighted by atomic mass is 10.1. The topological polar surface area (TPSA) is 56.8 Å². The summed E-state index contributed by atoms with van der Waals surface area (Å²) in [4.78, 5) is 12.1. The van der Waals surface area contributed by atoms with E-state index in [9.17, 15) is 4.79 Å². The average molecular weight is 319 g/mol. The Hall–Kier alpha value is -1.43. The van der Waals surface area contributed by atoms with E-state index in [1.807, 2.05) is 24.3 Å². The van der Waals surface area contributed by atoms with Gasteiger partial charge in [-0.2, -0.15) is 0 Å². The second-order valence-corrected chi connectivity index (χ2v) is 6.19. The standard InChI is InChI=1S/C18H25NO4/c20-18(17-8-4-10-23-17)19-15-6-3-5-14(11-15)12-21-13-16-7-1-2-9-22-16/h3,5-6,11,16-17H,1-2,4,7-10,12-13H2,(H,19,20)/t16-,17-/m1/s1. The number of benzene rings is 1. The zero-order valence-electron chi connectivity index (χ0n) is 13.5. The Bertz CT molecular complexity index is 507. The number of anilines is 1. The second kappa shape index (κ2) is 8.43. The van der Waals surface area contributed by atoms with Crippen LogP contribution < -0.4 is 5.32 Å². The third-order valence-electron chi connectivity index (χ3n) is 4.26. The van der Waals surface area contributed by atoms with E-state index in [1.165, 1.54) is 6.42 Å². The third kappa shape index (κ3) is 5.03. The van der Waals surface area contributed by atoms with Crippen LogP contribution in [0.5, 0.6) is 0 Å². The van der Waals surface area contributed by atoms with Crippen LogP contribution in [0.25, 0.3) is 0 Å². The summed E-state index contributed by atoms with van der Waals surface area (Å²) in [7, 11) is 0. The minimum absolute atomic E-state index is 0.0591. The first-order chi connectivity index (χ1) is 11.3. The number of ether oxygens (including phenoxy) is 3. The quantitative estimate of drug-likeness (QED) is 0.876. The molecule has 2 atom stereocenters. The summed E-state index contributed by atoms with van der Waals surface area (Å²) in [5.41, 5.74) is 1.84. The number of hydrogen-bond acceptors (Lipinski definition) is 4. The SMILES string of the molecule is O=C(Nc1cccc(COC[C@H]2CCCCO2)c1)[C@H]1CCCO1. The van der Waals surface area contributed by atoms with Gasteiger partial charge in [0, 0.05) is 18.9 Å². The van der Waals surface area contributed by atoms with E-state index in [-0.39, 0.29) is 18.1 Å². The Labute approximate surface area is 137 Å². The van der Waals surface area contributed by atoms with E-state index in [4.69, 9.17) is 14.2 Å². The molecule has 2 heterocycles. The molecule has 0 bridgehead atoms. The summed E-state index contributed by atoms with van der Waals surface area (Å²) < 4.78 is 16.8. The number of carbonyl (C=O) groups is 1. The molecule has 5 heteroatoms. The molecule has 0 saturated carbocycles. The molecule has 2 saturated heterocycles. The van der Waals surface area contributed by atoms with Gasteiger partial charge in [0.15, 0.2) is 0 Å². The Balaban J connectivity index is 1.45. The largest absolute Gasteiger partial charge is 0.376 e. The van der Waals surface area contributed by atoms with Crippen molar-refractivity contribution in [2.45, 2.75) is 50.9 Å². The Morgan fingerprint density at radius 2 is 2.09 bits per heavy atom. The summed E-state index contributed by atoms with van der Waals surface area (Å²) in [5.74, 6) is -0.0591. The number of hydrogen-bond donors (Lipinski definition) is 1. The number of amides is 1. The van der Waals surface area contributed by atoms with Crippen LogP contribution in [0.2, 0.25) is 0 Å². The highest BCUT2D eigenvalue weighted by Crippen LogP contribution is 2.17. The molecule has 5 nitrogen and oxygen atoms in total. The molecule has 1 N–H and O–H groups in total. The average Bonchev–Trinajstić information content (AvgIpc) is 3.11. The van der Waals surface area contributed by atoms with Crippen molar-refractivity contribution in [2.75, 3.05) is 25.1 Å². The number of nitrogens with one attached hydrogen (secondary N) is 1. The molecule has 1 aromatic rings. The fourth-order valence-corrected chi connectivity index (χ4v) is 2.99. The van der Waals surface area contributed by atoms with Crippen molar-refractivity contribution in [1.29, 1.82) is 0 Å². The molecule has 0 spiro atoms. The minimum Gasteiger partial charge on any atom is -0.376 e. The lowest BCUT2D eigenvalue weighted by Crippen LogP contribution is -2.26. The molecule has 3 rings (SSSR count). The molecular weight excluding hydrogens is 294 g/mol. The first kappa shape index (κ1) is 16.4. The molecule has 0 aromatic heterocycles. The highest BCUT2D eigenvalue weighted by Gasteiger charge is 2.23. The van der Waals surface area contributed by atoms with Crippen molar-refractivity contribution in [3.05, 3.63) is 29.8 Å². The van der Waals surface area contributed by atoms with Crippen molar-refractivity contribution >= 4 is 11.6 Å². The van der Waals surface area contributed by atoms with Gasteiger partial charge in [-0.25, -0.2) is 0 Å². The maximum atomic E-state index is 12.1. The molecule has 1 amide bonds. The molecule has 1 aromatic carbocycles. The lowest BCUT2D eigenvalue weighted by Gasteiger charge is -2.22. The summed E-state index contributed by atoms with van der Waals surface area (Å²) in [6, 6.07) is 7.78. The van der Waals surface area contributed by atoms with Gasteiger partial charge in [-0.1, -0.05) is 12.1 Å². The predicted molar refractivity (Wildman–Crippen MR) is 87.3 cm³/mol. The minimum atomic E-state index is -0.307. The zero-order valence-corrected chi connectivity index (χ0v) is 13.5. The van der Waals surface area contributed by atoms with Gasteiger partial charge in [0.05, 0.1) is 19.3 Å². The summed E-state index contributed by atoms with van der Waals surface area (Å²) in [5, 5.41) is 2.92. The molecule has 126 valence electrons. The van der Waals surface area contributed by atoms with Crippen LogP contribution in [0.15, 0.2) is 24.3 Å². The normalized spacial score (nSPS) is 24.5. The Morgan fingerprint density at radius 3 is 2.87 bits per heavy atom. The van der Waals surface area contributed by atoms with Crippen molar-refractivity contribution in [3.8, 4) is 0 Å². The van der Waals surface area contributed by atoms with Crippen LogP contribution in [0.3, 0.4) is 0 Å². The van der Waals surface area contributed by atoms with Crippen molar-refractivity contribution in [3.63, 3.8) is 0 Å². The van der Waals surface area contributed by atoms with E-state index in [0.29, 0.717) is 19.8 Å². The van der Waals surface area contributed by atoms with Gasteiger partial charge < -0.3 is 19.5 Å². The highest BCUT2D eigenvalue weighted by molar-refractivity contribution is 5.94. The van der Waals surface area contributed by atoms with Crippen LogP contribution in [0.4, 0.5) is 5.69 Å². The van der Waals surface area contributed by atoms with Crippen LogP contribution in [0, 0.1) is 0 Å². The summed E-state index contributed by atoms with van der Waals surface area (Å²) >= 11 is 0. The van der Waals surface area contributed by atoms with Crippen molar-refractivity contribution in [1.82, 2.24) is 0 Å². The van der Waals surface area contributed by atoms with E-state index in [0.717, 1.165) is 43.5 Å². The van der Waals surface area contributed by atoms with Gasteiger partial charge in [-0.3, -0.25) is 4.79 Å². The van der Waals surface area contributed by atoms with Gasteiger partial charge in [0.2, 0.25) is 0 Å². The van der Waals surface area contributed by atoms with Crippen LogP contribution in [-0.2, 0) is 25.6 Å². The van der Waals surface area contributed by atoms with E-state index < -0.39 is 0 Å². The van der Waals surface area contributed by atoms with E-state index in [2.05, 4.69) is 5.32 Å². The Morgan fingerprint density at radius 1 is 1.17 bits per heavy atom. The lowest BCUT2D eigenvalue weighted by molar-refractivity contribution is -0.124. The molecule has 2 aliphatic heterocycles. The fraction of sp³-hybridized carbons (Fsp3) is 0.611. The van der Waals surface area contributed by atoms with Crippen LogP contribution >= 0.6 is 0 Å². The van der Waals surface area contributed by atoms with Gasteiger partial charge >= 0.3 is 0 Å². The van der Waals surface area contributed by atoms with Crippen molar-refractivity contribution in [2.24, 2.45) is 0 Å². The Kier molecular flexibility index (Phi) is 6.02. The highest BCUT2D eigenvalue weighted by atomic mass is 16.5. The second-order valence-electron chi connectivity index (χ2n) is 6.19. The maximum Gasteiger partial charge on any atom is 0.253 e. The van der Waals surface area contributed by atoms with E-state index >= 15 is 0 Å². The van der Waals surface area contributed by atoms with Crippen LogP contribution in [-0.4, -0.2) is 37.9 Å². The fourth-order valence-electron chi connectivity index (χ4n) is 2.99. The number of rotatable bonds is 6. The molecule has 23 heavy (non-hydrogen) atoms. The number of carbonyl (C=O) groups excluding carboxylic acids is 1.